The van der Waals surface area contributed by atoms with Gasteiger partial charge in [0.25, 0.3) is 0 Å². The van der Waals surface area contributed by atoms with Crippen molar-refractivity contribution < 1.29 is 23.9 Å². The first kappa shape index (κ1) is 17.5. The van der Waals surface area contributed by atoms with Gasteiger partial charge in [-0.15, -0.1) is 0 Å². The van der Waals surface area contributed by atoms with E-state index in [0.29, 0.717) is 0 Å². The first-order chi connectivity index (χ1) is 10.4. The van der Waals surface area contributed by atoms with Crippen LogP contribution in [-0.2, 0) is 35.7 Å². The summed E-state index contributed by atoms with van der Waals surface area (Å²) in [6, 6.07) is 18.3. The van der Waals surface area contributed by atoms with Crippen molar-refractivity contribution >= 4 is 3.26 Å². The summed E-state index contributed by atoms with van der Waals surface area (Å²) >= 11 is 1.07. The van der Waals surface area contributed by atoms with Crippen molar-refractivity contribution in [2.75, 3.05) is 0 Å². The molecule has 0 spiro atoms. The van der Waals surface area contributed by atoms with Gasteiger partial charge in [0.05, 0.1) is 0 Å². The van der Waals surface area contributed by atoms with Crippen LogP contribution >= 0.6 is 0 Å². The van der Waals surface area contributed by atoms with E-state index in [9.17, 15) is 0 Å². The van der Waals surface area contributed by atoms with Crippen molar-refractivity contribution in [3.63, 3.8) is 0 Å². The minimum atomic E-state index is 0.227. The van der Waals surface area contributed by atoms with E-state index < -0.39 is 0 Å². The Labute approximate surface area is 150 Å². The van der Waals surface area contributed by atoms with Gasteiger partial charge in [-0.05, 0) is 0 Å². The van der Waals surface area contributed by atoms with Crippen LogP contribution < -0.4 is 0 Å². The standard InChI is InChI=1S/C21H26.Hf/c1-5-6-7-17-8-10-18(11-9-17)16-19-12-14-20(15-13-19)21(2,3)4;/h8-15H,5-7H2,1-4H3;/q;+2. The summed E-state index contributed by atoms with van der Waals surface area (Å²) in [7, 11) is 0. The molecule has 0 N–H and O–H groups in total. The van der Waals surface area contributed by atoms with E-state index in [1.807, 2.05) is 0 Å². The van der Waals surface area contributed by atoms with Gasteiger partial charge in [-0.3, -0.25) is 0 Å². The van der Waals surface area contributed by atoms with Gasteiger partial charge in [0.2, 0.25) is 0 Å². The second-order valence-electron chi connectivity index (χ2n) is 7.00. The van der Waals surface area contributed by atoms with Gasteiger partial charge in [-0.25, -0.2) is 0 Å². The Balaban J connectivity index is 2.14. The minimum absolute atomic E-state index is 0.227. The molecular weight excluding hydrogens is 431 g/mol. The van der Waals surface area contributed by atoms with Crippen LogP contribution in [-0.4, -0.2) is 3.26 Å². The van der Waals surface area contributed by atoms with Gasteiger partial charge in [0.1, 0.15) is 0 Å². The molecule has 1 heteroatoms. The summed E-state index contributed by atoms with van der Waals surface area (Å²) in [5.41, 5.74) is 5.85. The molecule has 0 atom stereocenters. The molecule has 0 saturated heterocycles. The Bertz CT molecular complexity index is 612. The average molecular weight is 457 g/mol. The van der Waals surface area contributed by atoms with E-state index >= 15 is 0 Å². The van der Waals surface area contributed by atoms with Gasteiger partial charge in [-0.1, -0.05) is 0 Å². The summed E-state index contributed by atoms with van der Waals surface area (Å²) < 4.78 is 1.49. The van der Waals surface area contributed by atoms with Crippen molar-refractivity contribution in [3.8, 4) is 0 Å². The molecule has 0 saturated carbocycles. The van der Waals surface area contributed by atoms with Crippen LogP contribution in [0.2, 0.25) is 0 Å². The van der Waals surface area contributed by atoms with Gasteiger partial charge in [0, 0.05) is 0 Å². The summed E-state index contributed by atoms with van der Waals surface area (Å²) in [5.74, 6) is 0. The van der Waals surface area contributed by atoms with Crippen molar-refractivity contribution in [2.24, 2.45) is 0 Å². The van der Waals surface area contributed by atoms with Crippen LogP contribution in [0.1, 0.15) is 62.8 Å². The zero-order valence-corrected chi connectivity index (χ0v) is 17.8. The maximum absolute atomic E-state index is 2.30. The van der Waals surface area contributed by atoms with Crippen molar-refractivity contribution in [1.29, 1.82) is 0 Å². The van der Waals surface area contributed by atoms with E-state index in [0.717, 1.165) is 23.9 Å². The molecule has 0 aliphatic carbocycles. The van der Waals surface area contributed by atoms with Crippen LogP contribution in [0.15, 0.2) is 48.5 Å². The first-order valence-corrected chi connectivity index (χ1v) is 10.00. The zero-order valence-electron chi connectivity index (χ0n) is 14.2. The van der Waals surface area contributed by atoms with E-state index in [1.54, 1.807) is 0 Å². The fraction of sp³-hybridized carbons (Fsp3) is 0.381. The van der Waals surface area contributed by atoms with Crippen molar-refractivity contribution in [1.82, 2.24) is 0 Å². The number of aryl methyl sites for hydroxylation is 1. The van der Waals surface area contributed by atoms with Crippen molar-refractivity contribution in [3.05, 3.63) is 70.8 Å². The number of benzene rings is 2. The summed E-state index contributed by atoms with van der Waals surface area (Å²) in [5, 5.41) is 0. The molecule has 0 radical (unpaired) electrons. The van der Waals surface area contributed by atoms with Crippen LogP contribution in [0.4, 0.5) is 0 Å². The normalized spacial score (nSPS) is 11.5. The molecule has 0 unspecified atom stereocenters. The Kier molecular flexibility index (Phi) is 6.09. The van der Waals surface area contributed by atoms with Crippen LogP contribution in [0.25, 0.3) is 0 Å². The third-order valence-electron chi connectivity index (χ3n) is 4.10. The number of rotatable bonds is 5. The Morgan fingerprint density at radius 2 is 1.36 bits per heavy atom. The predicted octanol–water partition coefficient (Wildman–Crippen LogP) is 5.44. The average Bonchev–Trinajstić information content (AvgIpc) is 2.52. The van der Waals surface area contributed by atoms with Crippen LogP contribution in [0, 0.1) is 0 Å². The van der Waals surface area contributed by atoms with Gasteiger partial charge in [-0.2, -0.15) is 0 Å². The molecular formula is C21H26Hf+2. The van der Waals surface area contributed by atoms with E-state index in [-0.39, 0.29) is 5.41 Å². The maximum atomic E-state index is 2.30. The third kappa shape index (κ3) is 4.59. The molecule has 2 aromatic rings. The monoisotopic (exact) mass is 458 g/mol. The second-order valence-corrected chi connectivity index (χ2v) is 8.80. The fourth-order valence-corrected chi connectivity index (χ4v) is 3.72. The summed E-state index contributed by atoms with van der Waals surface area (Å²) in [4.78, 5) is 0. The molecule has 112 valence electrons. The van der Waals surface area contributed by atoms with Gasteiger partial charge >= 0.3 is 150 Å². The third-order valence-corrected chi connectivity index (χ3v) is 6.18. The van der Waals surface area contributed by atoms with Crippen LogP contribution in [0.5, 0.6) is 0 Å². The summed E-state index contributed by atoms with van der Waals surface area (Å²) in [6.45, 7) is 9.05. The Morgan fingerprint density at radius 3 is 1.82 bits per heavy atom. The topological polar surface area (TPSA) is 0 Å². The van der Waals surface area contributed by atoms with E-state index in [4.69, 9.17) is 0 Å². The van der Waals surface area contributed by atoms with Gasteiger partial charge in [0.15, 0.2) is 0 Å². The molecule has 0 bridgehead atoms. The Morgan fingerprint density at radius 1 is 0.864 bits per heavy atom. The molecule has 0 aliphatic rings. The fourth-order valence-electron chi connectivity index (χ4n) is 2.52. The molecule has 0 nitrogen and oxygen atoms in total. The molecule has 0 fully saturated rings. The van der Waals surface area contributed by atoms with E-state index in [2.05, 4.69) is 76.2 Å². The molecule has 2 rings (SSSR count). The second kappa shape index (κ2) is 7.64. The summed E-state index contributed by atoms with van der Waals surface area (Å²) in [6.07, 6.45) is 3.75. The number of hydrogen-bond acceptors (Lipinski definition) is 0. The van der Waals surface area contributed by atoms with E-state index in [1.165, 1.54) is 44.8 Å². The Hall–Kier alpha value is -0.820. The molecule has 22 heavy (non-hydrogen) atoms. The zero-order chi connectivity index (χ0) is 16.2. The number of hydrogen-bond donors (Lipinski definition) is 0. The molecule has 0 aliphatic heterocycles. The predicted molar refractivity (Wildman–Crippen MR) is 93.4 cm³/mol. The molecule has 0 amide bonds. The quantitative estimate of drug-likeness (QED) is 0.525. The van der Waals surface area contributed by atoms with Crippen LogP contribution in [0.3, 0.4) is 0 Å². The van der Waals surface area contributed by atoms with Crippen molar-refractivity contribution in [2.45, 2.75) is 52.4 Å². The molecule has 0 aromatic heterocycles. The van der Waals surface area contributed by atoms with Gasteiger partial charge < -0.3 is 0 Å². The molecule has 0 heterocycles. The SMILES string of the molecule is CCCCc1ccc([C](=[Hf+2])c2ccc(C(C)(C)C)cc2)cc1. The molecule has 2 aromatic carbocycles. The number of unbranched alkanes of at least 4 members (excludes halogenated alkanes) is 1. The first-order valence-electron chi connectivity index (χ1n) is 8.20.